The molecule has 1 N–H and O–H groups in total. The van der Waals surface area contributed by atoms with E-state index in [1.807, 2.05) is 24.3 Å². The van der Waals surface area contributed by atoms with Crippen molar-refractivity contribution in [1.82, 2.24) is 9.78 Å². The number of nitrogens with zero attached hydrogens (tertiary/aromatic N) is 2. The number of benzene rings is 1. The molecule has 0 aliphatic carbocycles. The number of halogens is 1. The van der Waals surface area contributed by atoms with Gasteiger partial charge in [0.05, 0.1) is 5.69 Å². The number of hydrogen-bond donors (Lipinski definition) is 1. The van der Waals surface area contributed by atoms with Crippen LogP contribution in [0.5, 0.6) is 0 Å². The van der Waals surface area contributed by atoms with Crippen LogP contribution in [0.15, 0.2) is 36.5 Å². The van der Waals surface area contributed by atoms with Crippen LogP contribution in [0, 0.1) is 3.57 Å². The van der Waals surface area contributed by atoms with Crippen molar-refractivity contribution in [3.8, 4) is 5.69 Å². The Bertz CT molecular complexity index is 508. The summed E-state index contributed by atoms with van der Waals surface area (Å²) in [6.45, 7) is 0. The van der Waals surface area contributed by atoms with E-state index in [2.05, 4.69) is 27.7 Å². The van der Waals surface area contributed by atoms with Crippen LogP contribution in [-0.4, -0.2) is 20.9 Å². The number of hydrogen-bond acceptors (Lipinski definition) is 2. The van der Waals surface area contributed by atoms with Gasteiger partial charge in [0.1, 0.15) is 0 Å². The quantitative estimate of drug-likeness (QED) is 0.865. The van der Waals surface area contributed by atoms with Crippen molar-refractivity contribution in [2.75, 3.05) is 0 Å². The second-order valence-electron chi connectivity index (χ2n) is 2.90. The highest BCUT2D eigenvalue weighted by atomic mass is 127. The van der Waals surface area contributed by atoms with Crippen LogP contribution in [0.3, 0.4) is 0 Å². The first-order chi connectivity index (χ1) is 7.18. The van der Waals surface area contributed by atoms with Crippen LogP contribution in [0.25, 0.3) is 5.69 Å². The summed E-state index contributed by atoms with van der Waals surface area (Å²) in [7, 11) is 0. The first kappa shape index (κ1) is 10.2. The highest BCUT2D eigenvalue weighted by Crippen LogP contribution is 2.15. The fourth-order valence-electron chi connectivity index (χ4n) is 1.21. The normalized spacial score (nSPS) is 10.2. The molecule has 2 aromatic rings. The van der Waals surface area contributed by atoms with Crippen molar-refractivity contribution < 1.29 is 9.90 Å². The highest BCUT2D eigenvalue weighted by Gasteiger charge is 2.08. The molecule has 0 aliphatic heterocycles. The lowest BCUT2D eigenvalue weighted by molar-refractivity contribution is 0.0690. The molecule has 0 aliphatic rings. The fourth-order valence-corrected chi connectivity index (χ4v) is 1.84. The molecule has 4 nitrogen and oxygen atoms in total. The van der Waals surface area contributed by atoms with E-state index in [-0.39, 0.29) is 5.69 Å². The Labute approximate surface area is 99.7 Å². The molecule has 5 heteroatoms. The van der Waals surface area contributed by atoms with Gasteiger partial charge in [0, 0.05) is 9.77 Å². The summed E-state index contributed by atoms with van der Waals surface area (Å²) in [5.74, 6) is -1.01. The molecule has 0 fully saturated rings. The monoisotopic (exact) mass is 314 g/mol. The Morgan fingerprint density at radius 1 is 1.33 bits per heavy atom. The summed E-state index contributed by atoms with van der Waals surface area (Å²) in [4.78, 5) is 10.7. The van der Waals surface area contributed by atoms with Crippen molar-refractivity contribution in [2.24, 2.45) is 0 Å². The average molecular weight is 314 g/mol. The van der Waals surface area contributed by atoms with Crippen molar-refractivity contribution in [2.45, 2.75) is 0 Å². The molecule has 0 unspecified atom stereocenters. The Morgan fingerprint density at radius 3 is 2.67 bits per heavy atom. The second kappa shape index (κ2) is 4.01. The summed E-state index contributed by atoms with van der Waals surface area (Å²) >= 11 is 2.18. The number of carboxylic acids is 1. The first-order valence-corrected chi connectivity index (χ1v) is 5.30. The lowest BCUT2D eigenvalue weighted by atomic mass is 10.3. The number of aromatic carboxylic acids is 1. The zero-order valence-corrected chi connectivity index (χ0v) is 9.75. The maximum Gasteiger partial charge on any atom is 0.356 e. The fraction of sp³-hybridized carbons (Fsp3) is 0. The van der Waals surface area contributed by atoms with E-state index in [0.717, 1.165) is 9.26 Å². The van der Waals surface area contributed by atoms with Gasteiger partial charge in [-0.25, -0.2) is 9.48 Å². The van der Waals surface area contributed by atoms with E-state index < -0.39 is 5.97 Å². The SMILES string of the molecule is O=C(O)c1ccn(-c2ccccc2I)n1. The number of para-hydroxylation sites is 1. The summed E-state index contributed by atoms with van der Waals surface area (Å²) in [5.41, 5.74) is 0.931. The molecule has 76 valence electrons. The largest absolute Gasteiger partial charge is 0.476 e. The molecule has 0 saturated heterocycles. The minimum Gasteiger partial charge on any atom is -0.476 e. The van der Waals surface area contributed by atoms with Crippen LogP contribution in [0.1, 0.15) is 10.5 Å². The minimum absolute atomic E-state index is 0.0506. The third kappa shape index (κ3) is 2.01. The smallest absolute Gasteiger partial charge is 0.356 e. The maximum absolute atomic E-state index is 10.7. The van der Waals surface area contributed by atoms with E-state index in [1.54, 1.807) is 10.9 Å². The standard InChI is InChI=1S/C10H7IN2O2/c11-7-3-1-2-4-9(7)13-6-5-8(12-13)10(14)15/h1-6H,(H,14,15). The molecule has 0 spiro atoms. The zero-order chi connectivity index (χ0) is 10.8. The number of rotatable bonds is 2. The van der Waals surface area contributed by atoms with Crippen molar-refractivity contribution in [3.63, 3.8) is 0 Å². The molecule has 1 aromatic heterocycles. The molecule has 1 aromatic carbocycles. The average Bonchev–Trinajstić information content (AvgIpc) is 2.67. The molecule has 0 saturated carbocycles. The van der Waals surface area contributed by atoms with Gasteiger partial charge in [0.2, 0.25) is 0 Å². The predicted molar refractivity (Wildman–Crippen MR) is 63.2 cm³/mol. The summed E-state index contributed by atoms with van der Waals surface area (Å²) in [6, 6.07) is 9.12. The topological polar surface area (TPSA) is 55.1 Å². The summed E-state index contributed by atoms with van der Waals surface area (Å²) in [6.07, 6.45) is 1.64. The predicted octanol–water partition coefficient (Wildman–Crippen LogP) is 2.18. The maximum atomic E-state index is 10.7. The number of carboxylic acid groups (broad SMARTS) is 1. The van der Waals surface area contributed by atoms with Crippen molar-refractivity contribution >= 4 is 28.6 Å². The minimum atomic E-state index is -1.01. The molecule has 2 rings (SSSR count). The second-order valence-corrected chi connectivity index (χ2v) is 4.06. The van der Waals surface area contributed by atoms with Crippen LogP contribution < -0.4 is 0 Å². The van der Waals surface area contributed by atoms with Crippen LogP contribution in [0.2, 0.25) is 0 Å². The zero-order valence-electron chi connectivity index (χ0n) is 7.59. The van der Waals surface area contributed by atoms with E-state index >= 15 is 0 Å². The molecular formula is C10H7IN2O2. The Morgan fingerprint density at radius 2 is 2.07 bits per heavy atom. The Hall–Kier alpha value is -1.37. The molecule has 1 heterocycles. The molecule has 0 atom stereocenters. The van der Waals surface area contributed by atoms with Crippen molar-refractivity contribution in [1.29, 1.82) is 0 Å². The van der Waals surface area contributed by atoms with Crippen LogP contribution >= 0.6 is 22.6 Å². The Balaban J connectivity index is 2.46. The van der Waals surface area contributed by atoms with E-state index in [0.29, 0.717) is 0 Å². The molecular weight excluding hydrogens is 307 g/mol. The van der Waals surface area contributed by atoms with Gasteiger partial charge < -0.3 is 5.11 Å². The van der Waals surface area contributed by atoms with Gasteiger partial charge in [0.15, 0.2) is 5.69 Å². The van der Waals surface area contributed by atoms with Gasteiger partial charge >= 0.3 is 5.97 Å². The van der Waals surface area contributed by atoms with Crippen molar-refractivity contribution in [3.05, 3.63) is 45.8 Å². The van der Waals surface area contributed by atoms with E-state index in [1.165, 1.54) is 6.07 Å². The third-order valence-corrected chi connectivity index (χ3v) is 2.82. The van der Waals surface area contributed by atoms with Gasteiger partial charge in [-0.2, -0.15) is 5.10 Å². The van der Waals surface area contributed by atoms with Gasteiger partial charge in [-0.05, 0) is 40.8 Å². The Kier molecular flexibility index (Phi) is 2.72. The molecule has 15 heavy (non-hydrogen) atoms. The molecule has 0 radical (unpaired) electrons. The highest BCUT2D eigenvalue weighted by molar-refractivity contribution is 14.1. The van der Waals surface area contributed by atoms with E-state index in [9.17, 15) is 4.79 Å². The molecule has 0 bridgehead atoms. The number of carbonyl (C=O) groups is 1. The first-order valence-electron chi connectivity index (χ1n) is 4.22. The number of aromatic nitrogens is 2. The third-order valence-electron chi connectivity index (χ3n) is 1.91. The van der Waals surface area contributed by atoms with Gasteiger partial charge in [-0.3, -0.25) is 0 Å². The lowest BCUT2D eigenvalue weighted by Crippen LogP contribution is -2.01. The van der Waals surface area contributed by atoms with Crippen LogP contribution in [0.4, 0.5) is 0 Å². The summed E-state index contributed by atoms with van der Waals surface area (Å²) < 4.78 is 2.58. The van der Waals surface area contributed by atoms with Gasteiger partial charge in [-0.1, -0.05) is 12.1 Å². The summed E-state index contributed by atoms with van der Waals surface area (Å²) in [5, 5.41) is 12.7. The van der Waals surface area contributed by atoms with E-state index in [4.69, 9.17) is 5.11 Å². The van der Waals surface area contributed by atoms with Gasteiger partial charge in [0.25, 0.3) is 0 Å². The van der Waals surface area contributed by atoms with Crippen LogP contribution in [-0.2, 0) is 0 Å². The molecule has 0 amide bonds. The lowest BCUT2D eigenvalue weighted by Gasteiger charge is -2.02. The van der Waals surface area contributed by atoms with Gasteiger partial charge in [-0.15, -0.1) is 0 Å².